The number of rotatable bonds is 3. The van der Waals surface area contributed by atoms with Crippen molar-refractivity contribution < 1.29 is 18.8 Å². The van der Waals surface area contributed by atoms with Gasteiger partial charge in [-0.1, -0.05) is 41.9 Å². The third kappa shape index (κ3) is 2.96. The number of halogens is 2. The summed E-state index contributed by atoms with van der Waals surface area (Å²) in [5, 5.41) is 2.09. The van der Waals surface area contributed by atoms with Crippen molar-refractivity contribution in [2.45, 2.75) is 12.1 Å². The fraction of sp³-hybridized carbons (Fsp3) is 0.130. The second kappa shape index (κ2) is 7.23. The van der Waals surface area contributed by atoms with Crippen LogP contribution in [0, 0.1) is 11.7 Å². The number of para-hydroxylation sites is 1. The Balaban J connectivity index is 1.58. The molecule has 2 amide bonds. The number of carbonyl (C=O) groups excluding carboxylic acids is 2. The average molecular weight is 423 g/mol. The number of amides is 2. The molecule has 7 heteroatoms. The van der Waals surface area contributed by atoms with Crippen molar-refractivity contribution in [1.29, 1.82) is 0 Å². The van der Waals surface area contributed by atoms with Crippen LogP contribution in [0.15, 0.2) is 78.9 Å². The predicted octanol–water partition coefficient (Wildman–Crippen LogP) is 4.53. The Morgan fingerprint density at radius 1 is 0.800 bits per heavy atom. The Labute approximate surface area is 177 Å². The number of benzene rings is 3. The zero-order valence-corrected chi connectivity index (χ0v) is 16.4. The van der Waals surface area contributed by atoms with Gasteiger partial charge in [-0.2, -0.15) is 0 Å². The summed E-state index contributed by atoms with van der Waals surface area (Å²) in [4.78, 5) is 33.7. The molecule has 5 rings (SSSR count). The van der Waals surface area contributed by atoms with Crippen molar-refractivity contribution >= 4 is 34.8 Å². The van der Waals surface area contributed by atoms with Gasteiger partial charge in [-0.15, -0.1) is 0 Å². The number of fused-ring (bicyclic) bond motifs is 1. The maximum absolute atomic E-state index is 13.5. The molecule has 0 N–H and O–H groups in total. The van der Waals surface area contributed by atoms with Gasteiger partial charge < -0.3 is 0 Å². The first-order chi connectivity index (χ1) is 14.5. The van der Waals surface area contributed by atoms with Crippen LogP contribution in [0.4, 0.5) is 15.8 Å². The molecule has 0 unspecified atom stereocenters. The number of hydroxylamine groups is 1. The second-order valence-electron chi connectivity index (χ2n) is 7.20. The zero-order chi connectivity index (χ0) is 20.8. The standard InChI is InChI=1S/C23H16ClFN2O3/c24-15-8-12-17(13-9-15)26-22(28)19-20(14-6-10-16(25)11-7-14)27(30-21(19)23(26)29)18-4-2-1-3-5-18/h1-13,19-21H/t19-,20+,21+/m0/s1. The van der Waals surface area contributed by atoms with Gasteiger partial charge in [0, 0.05) is 5.02 Å². The second-order valence-corrected chi connectivity index (χ2v) is 7.63. The first-order valence-corrected chi connectivity index (χ1v) is 9.82. The Hall–Kier alpha value is -3.22. The Kier molecular flexibility index (Phi) is 4.53. The molecule has 0 saturated carbocycles. The number of anilines is 2. The maximum Gasteiger partial charge on any atom is 0.266 e. The lowest BCUT2D eigenvalue weighted by Gasteiger charge is -2.28. The van der Waals surface area contributed by atoms with E-state index in [0.29, 0.717) is 22.0 Å². The highest BCUT2D eigenvalue weighted by Crippen LogP contribution is 2.47. The molecule has 0 radical (unpaired) electrons. The number of nitrogens with zero attached hydrogens (tertiary/aromatic N) is 2. The van der Waals surface area contributed by atoms with Crippen LogP contribution < -0.4 is 9.96 Å². The first kappa shape index (κ1) is 18.8. The highest BCUT2D eigenvalue weighted by Gasteiger charge is 2.60. The van der Waals surface area contributed by atoms with Crippen molar-refractivity contribution in [2.24, 2.45) is 5.92 Å². The first-order valence-electron chi connectivity index (χ1n) is 9.44. The molecule has 0 aliphatic carbocycles. The fourth-order valence-electron chi connectivity index (χ4n) is 4.06. The molecule has 0 aromatic heterocycles. The van der Waals surface area contributed by atoms with Crippen molar-refractivity contribution in [1.82, 2.24) is 0 Å². The van der Waals surface area contributed by atoms with E-state index >= 15 is 0 Å². The molecule has 3 atom stereocenters. The molecule has 0 spiro atoms. The van der Waals surface area contributed by atoms with Gasteiger partial charge in [0.05, 0.1) is 17.4 Å². The molecule has 3 aromatic rings. The molecule has 5 nitrogen and oxygen atoms in total. The largest absolute Gasteiger partial charge is 0.273 e. The van der Waals surface area contributed by atoms with Crippen molar-refractivity contribution in [3.8, 4) is 0 Å². The molecule has 2 heterocycles. The van der Waals surface area contributed by atoms with Gasteiger partial charge in [0.2, 0.25) is 5.91 Å². The normalized spacial score (nSPS) is 23.2. The molecule has 0 bridgehead atoms. The lowest BCUT2D eigenvalue weighted by atomic mass is 9.90. The van der Waals surface area contributed by atoms with E-state index in [1.807, 2.05) is 30.3 Å². The molecular formula is C23H16ClFN2O3. The van der Waals surface area contributed by atoms with Crippen LogP contribution in [0.3, 0.4) is 0 Å². The van der Waals surface area contributed by atoms with E-state index in [1.165, 1.54) is 12.1 Å². The van der Waals surface area contributed by atoms with Crippen LogP contribution in [0.1, 0.15) is 11.6 Å². The van der Waals surface area contributed by atoms with E-state index in [0.717, 1.165) is 4.90 Å². The van der Waals surface area contributed by atoms with Crippen LogP contribution in [0.25, 0.3) is 0 Å². The SMILES string of the molecule is O=C1[C@H]2[C@@H](c3ccc(F)cc3)N(c3ccccc3)O[C@H]2C(=O)N1c1ccc(Cl)cc1. The summed E-state index contributed by atoms with van der Waals surface area (Å²) in [5.74, 6) is -1.94. The zero-order valence-electron chi connectivity index (χ0n) is 15.6. The molecule has 3 aromatic carbocycles. The smallest absolute Gasteiger partial charge is 0.266 e. The molecular weight excluding hydrogens is 407 g/mol. The monoisotopic (exact) mass is 422 g/mol. The van der Waals surface area contributed by atoms with Gasteiger partial charge in [-0.3, -0.25) is 14.4 Å². The molecule has 2 fully saturated rings. The van der Waals surface area contributed by atoms with Gasteiger partial charge >= 0.3 is 0 Å². The minimum atomic E-state index is -0.969. The lowest BCUT2D eigenvalue weighted by Crippen LogP contribution is -2.37. The minimum absolute atomic E-state index is 0.361. The summed E-state index contributed by atoms with van der Waals surface area (Å²) in [6, 6.07) is 21.1. The summed E-state index contributed by atoms with van der Waals surface area (Å²) in [6.07, 6.45) is -0.969. The molecule has 30 heavy (non-hydrogen) atoms. The summed E-state index contributed by atoms with van der Waals surface area (Å²) in [6.45, 7) is 0. The molecule has 2 saturated heterocycles. The predicted molar refractivity (Wildman–Crippen MR) is 110 cm³/mol. The number of carbonyl (C=O) groups is 2. The number of hydrogen-bond donors (Lipinski definition) is 0. The third-order valence-corrected chi connectivity index (χ3v) is 5.67. The highest BCUT2D eigenvalue weighted by molar-refractivity contribution is 6.31. The van der Waals surface area contributed by atoms with E-state index in [1.54, 1.807) is 41.5 Å². The van der Waals surface area contributed by atoms with Gasteiger partial charge in [0.1, 0.15) is 11.7 Å². The Morgan fingerprint density at radius 2 is 1.47 bits per heavy atom. The number of imide groups is 1. The van der Waals surface area contributed by atoms with Crippen LogP contribution in [0.5, 0.6) is 0 Å². The molecule has 2 aliphatic rings. The van der Waals surface area contributed by atoms with E-state index in [2.05, 4.69) is 0 Å². The van der Waals surface area contributed by atoms with Crippen LogP contribution in [-0.2, 0) is 14.4 Å². The van der Waals surface area contributed by atoms with Crippen LogP contribution >= 0.6 is 11.6 Å². The van der Waals surface area contributed by atoms with Crippen molar-refractivity contribution in [3.63, 3.8) is 0 Å². The quantitative estimate of drug-likeness (QED) is 0.582. The highest BCUT2D eigenvalue weighted by atomic mass is 35.5. The van der Waals surface area contributed by atoms with E-state index < -0.39 is 24.0 Å². The van der Waals surface area contributed by atoms with Gasteiger partial charge in [-0.25, -0.2) is 14.4 Å². The topological polar surface area (TPSA) is 49.9 Å². The summed E-state index contributed by atoms with van der Waals surface area (Å²) in [7, 11) is 0. The molecule has 2 aliphatic heterocycles. The van der Waals surface area contributed by atoms with Gasteiger partial charge in [0.15, 0.2) is 6.10 Å². The minimum Gasteiger partial charge on any atom is -0.273 e. The van der Waals surface area contributed by atoms with E-state index in [9.17, 15) is 14.0 Å². The maximum atomic E-state index is 13.5. The Bertz CT molecular complexity index is 1110. The third-order valence-electron chi connectivity index (χ3n) is 5.42. The van der Waals surface area contributed by atoms with Crippen molar-refractivity contribution in [2.75, 3.05) is 9.96 Å². The summed E-state index contributed by atoms with van der Waals surface area (Å²) >= 11 is 5.94. The Morgan fingerprint density at radius 3 is 2.13 bits per heavy atom. The lowest BCUT2D eigenvalue weighted by molar-refractivity contribution is -0.126. The van der Waals surface area contributed by atoms with Gasteiger partial charge in [-0.05, 0) is 54.1 Å². The van der Waals surface area contributed by atoms with Gasteiger partial charge in [0.25, 0.3) is 5.91 Å². The van der Waals surface area contributed by atoms with Crippen LogP contribution in [0.2, 0.25) is 5.02 Å². The average Bonchev–Trinajstić information content (AvgIpc) is 3.27. The number of hydrogen-bond acceptors (Lipinski definition) is 4. The van der Waals surface area contributed by atoms with E-state index in [-0.39, 0.29) is 11.7 Å². The fourth-order valence-corrected chi connectivity index (χ4v) is 4.18. The van der Waals surface area contributed by atoms with Crippen LogP contribution in [-0.4, -0.2) is 17.9 Å². The molecule has 150 valence electrons. The van der Waals surface area contributed by atoms with E-state index in [4.69, 9.17) is 16.4 Å². The summed E-state index contributed by atoms with van der Waals surface area (Å²) in [5.41, 5.74) is 1.84. The van der Waals surface area contributed by atoms with Crippen molar-refractivity contribution in [3.05, 3.63) is 95.3 Å². The summed E-state index contributed by atoms with van der Waals surface area (Å²) < 4.78 is 13.5.